The second-order valence-corrected chi connectivity index (χ2v) is 11.3. The van der Waals surface area contributed by atoms with E-state index in [1.54, 1.807) is 0 Å². The van der Waals surface area contributed by atoms with Gasteiger partial charge in [0.25, 0.3) is 0 Å². The van der Waals surface area contributed by atoms with Crippen molar-refractivity contribution >= 4 is 10.8 Å². The third-order valence-electron chi connectivity index (χ3n) is 8.41. The molecule has 0 fully saturated rings. The highest BCUT2D eigenvalue weighted by atomic mass is 14.9. The fraction of sp³-hybridized carbons (Fsp3) is 0. The molecule has 0 radical (unpaired) electrons. The van der Waals surface area contributed by atoms with E-state index in [2.05, 4.69) is 132 Å². The molecule has 6 aromatic carbocycles. The molecular weight excluding hydrogens is 558 g/mol. The Morgan fingerprint density at radius 3 is 1.52 bits per heavy atom. The number of aromatic nitrogens is 3. The van der Waals surface area contributed by atoms with E-state index in [4.69, 9.17) is 9.97 Å². The van der Waals surface area contributed by atoms with E-state index in [0.717, 1.165) is 44.6 Å². The van der Waals surface area contributed by atoms with Gasteiger partial charge < -0.3 is 0 Å². The van der Waals surface area contributed by atoms with Crippen LogP contribution in [0.25, 0.3) is 78.1 Å². The molecule has 0 aliphatic carbocycles. The SMILES string of the molecule is c1ccc(-c2cccc(-c3cc(-c4ccc(-c5cccc(-c6ccncc6)c5)c5ccccc45)nc(-c4ccccc4)n3)c2)cc1. The van der Waals surface area contributed by atoms with Crippen molar-refractivity contribution in [2.75, 3.05) is 0 Å². The zero-order chi connectivity index (χ0) is 30.7. The summed E-state index contributed by atoms with van der Waals surface area (Å²) in [6.45, 7) is 0. The average molecular weight is 588 g/mol. The molecule has 2 heterocycles. The largest absolute Gasteiger partial charge is 0.265 e. The molecule has 3 nitrogen and oxygen atoms in total. The highest BCUT2D eigenvalue weighted by Gasteiger charge is 2.15. The summed E-state index contributed by atoms with van der Waals surface area (Å²) in [7, 11) is 0. The van der Waals surface area contributed by atoms with Crippen LogP contribution in [0.1, 0.15) is 0 Å². The standard InChI is InChI=1S/C43H29N3/c1-3-11-30(12-4-1)34-16-10-18-36(28-34)41-29-42(46-43(45-41)32-13-5-2-6-14-32)40-22-21-37(38-19-7-8-20-39(38)40)35-17-9-15-33(27-35)31-23-25-44-26-24-31/h1-29H. The molecule has 0 saturated carbocycles. The quantitative estimate of drug-likeness (QED) is 0.194. The van der Waals surface area contributed by atoms with Gasteiger partial charge in [0.1, 0.15) is 0 Å². The lowest BCUT2D eigenvalue weighted by molar-refractivity contribution is 1.18. The van der Waals surface area contributed by atoms with E-state index in [0.29, 0.717) is 5.82 Å². The molecule has 0 amide bonds. The van der Waals surface area contributed by atoms with Gasteiger partial charge in [0.15, 0.2) is 5.82 Å². The van der Waals surface area contributed by atoms with Gasteiger partial charge in [0.05, 0.1) is 11.4 Å². The molecule has 2 aromatic heterocycles. The highest BCUT2D eigenvalue weighted by Crippen LogP contribution is 2.38. The lowest BCUT2D eigenvalue weighted by Gasteiger charge is -2.15. The summed E-state index contributed by atoms with van der Waals surface area (Å²) in [5, 5.41) is 2.33. The van der Waals surface area contributed by atoms with Gasteiger partial charge in [-0.15, -0.1) is 0 Å². The van der Waals surface area contributed by atoms with Crippen molar-refractivity contribution < 1.29 is 0 Å². The Balaban J connectivity index is 1.29. The number of fused-ring (bicyclic) bond motifs is 1. The van der Waals surface area contributed by atoms with E-state index >= 15 is 0 Å². The van der Waals surface area contributed by atoms with Crippen molar-refractivity contribution in [2.24, 2.45) is 0 Å². The Kier molecular flexibility index (Phi) is 7.18. The topological polar surface area (TPSA) is 38.7 Å². The molecule has 46 heavy (non-hydrogen) atoms. The summed E-state index contributed by atoms with van der Waals surface area (Å²) in [5.74, 6) is 0.705. The molecule has 0 aliphatic rings. The van der Waals surface area contributed by atoms with Gasteiger partial charge in [-0.05, 0) is 74.5 Å². The molecule has 0 bridgehead atoms. The van der Waals surface area contributed by atoms with E-state index < -0.39 is 0 Å². The Bertz CT molecular complexity index is 2300. The fourth-order valence-electron chi connectivity index (χ4n) is 6.12. The minimum Gasteiger partial charge on any atom is -0.265 e. The van der Waals surface area contributed by atoms with E-state index in [1.165, 1.54) is 27.6 Å². The van der Waals surface area contributed by atoms with Crippen molar-refractivity contribution in [3.8, 4) is 67.3 Å². The van der Waals surface area contributed by atoms with Crippen LogP contribution in [0.4, 0.5) is 0 Å². The summed E-state index contributed by atoms with van der Waals surface area (Å²) in [6, 6.07) is 57.3. The van der Waals surface area contributed by atoms with Gasteiger partial charge in [0, 0.05) is 29.1 Å². The summed E-state index contributed by atoms with van der Waals surface area (Å²) >= 11 is 0. The van der Waals surface area contributed by atoms with Crippen molar-refractivity contribution in [3.63, 3.8) is 0 Å². The number of pyridine rings is 1. The third-order valence-corrected chi connectivity index (χ3v) is 8.41. The van der Waals surface area contributed by atoms with Crippen LogP contribution >= 0.6 is 0 Å². The second kappa shape index (κ2) is 12.1. The maximum absolute atomic E-state index is 5.17. The zero-order valence-electron chi connectivity index (χ0n) is 25.1. The number of hydrogen-bond acceptors (Lipinski definition) is 3. The number of nitrogens with zero attached hydrogens (tertiary/aromatic N) is 3. The molecule has 0 N–H and O–H groups in total. The van der Waals surface area contributed by atoms with Crippen molar-refractivity contribution in [3.05, 3.63) is 176 Å². The lowest BCUT2D eigenvalue weighted by atomic mass is 9.92. The van der Waals surface area contributed by atoms with E-state index in [1.807, 2.05) is 48.8 Å². The first kappa shape index (κ1) is 27.4. The van der Waals surface area contributed by atoms with Crippen LogP contribution in [-0.2, 0) is 0 Å². The summed E-state index contributed by atoms with van der Waals surface area (Å²) in [5.41, 5.74) is 11.9. The molecule has 8 rings (SSSR count). The molecule has 0 spiro atoms. The molecule has 3 heteroatoms. The van der Waals surface area contributed by atoms with Gasteiger partial charge in [-0.2, -0.15) is 0 Å². The predicted octanol–water partition coefficient (Wildman–Crippen LogP) is 11.0. The minimum absolute atomic E-state index is 0.705. The molecule has 0 unspecified atom stereocenters. The minimum atomic E-state index is 0.705. The van der Waals surface area contributed by atoms with Crippen molar-refractivity contribution in [1.82, 2.24) is 15.0 Å². The monoisotopic (exact) mass is 587 g/mol. The number of benzene rings is 6. The highest BCUT2D eigenvalue weighted by molar-refractivity contribution is 6.05. The van der Waals surface area contributed by atoms with Crippen LogP contribution < -0.4 is 0 Å². The van der Waals surface area contributed by atoms with Gasteiger partial charge in [-0.1, -0.05) is 133 Å². The molecule has 0 atom stereocenters. The third kappa shape index (κ3) is 5.36. The predicted molar refractivity (Wildman–Crippen MR) is 190 cm³/mol. The molecular formula is C43H29N3. The van der Waals surface area contributed by atoms with Crippen molar-refractivity contribution in [2.45, 2.75) is 0 Å². The Labute approximate surface area is 268 Å². The molecule has 216 valence electrons. The second-order valence-electron chi connectivity index (χ2n) is 11.3. The number of hydrogen-bond donors (Lipinski definition) is 0. The van der Waals surface area contributed by atoms with Gasteiger partial charge in [0.2, 0.25) is 0 Å². The van der Waals surface area contributed by atoms with Crippen LogP contribution in [-0.4, -0.2) is 15.0 Å². The fourth-order valence-corrected chi connectivity index (χ4v) is 6.12. The van der Waals surface area contributed by atoms with E-state index in [9.17, 15) is 0 Å². The Morgan fingerprint density at radius 2 is 0.804 bits per heavy atom. The first-order chi connectivity index (χ1) is 22.8. The summed E-state index contributed by atoms with van der Waals surface area (Å²) < 4.78 is 0. The summed E-state index contributed by atoms with van der Waals surface area (Å²) in [6.07, 6.45) is 3.67. The summed E-state index contributed by atoms with van der Waals surface area (Å²) in [4.78, 5) is 14.5. The van der Waals surface area contributed by atoms with Crippen LogP contribution in [0.2, 0.25) is 0 Å². The first-order valence-corrected chi connectivity index (χ1v) is 15.4. The first-order valence-electron chi connectivity index (χ1n) is 15.4. The molecule has 8 aromatic rings. The maximum atomic E-state index is 5.17. The van der Waals surface area contributed by atoms with Crippen molar-refractivity contribution in [1.29, 1.82) is 0 Å². The smallest absolute Gasteiger partial charge is 0.160 e. The molecule has 0 aliphatic heterocycles. The Hall–Kier alpha value is -6.19. The van der Waals surface area contributed by atoms with Gasteiger partial charge in [-0.3, -0.25) is 4.98 Å². The lowest BCUT2D eigenvalue weighted by Crippen LogP contribution is -1.97. The molecule has 0 saturated heterocycles. The Morgan fingerprint density at radius 1 is 0.304 bits per heavy atom. The number of rotatable bonds is 6. The average Bonchev–Trinajstić information content (AvgIpc) is 3.15. The maximum Gasteiger partial charge on any atom is 0.160 e. The zero-order valence-corrected chi connectivity index (χ0v) is 25.1. The normalized spacial score (nSPS) is 11.0. The van der Waals surface area contributed by atoms with Crippen LogP contribution in [0.3, 0.4) is 0 Å². The van der Waals surface area contributed by atoms with Crippen LogP contribution in [0.15, 0.2) is 176 Å². The van der Waals surface area contributed by atoms with Gasteiger partial charge in [-0.25, -0.2) is 9.97 Å². The van der Waals surface area contributed by atoms with Crippen LogP contribution in [0.5, 0.6) is 0 Å². The van der Waals surface area contributed by atoms with Gasteiger partial charge >= 0.3 is 0 Å². The van der Waals surface area contributed by atoms with Crippen LogP contribution in [0, 0.1) is 0 Å². The van der Waals surface area contributed by atoms with E-state index in [-0.39, 0.29) is 0 Å².